The Morgan fingerprint density at radius 1 is 1.40 bits per heavy atom. The van der Waals surface area contributed by atoms with E-state index in [2.05, 4.69) is 0 Å². The summed E-state index contributed by atoms with van der Waals surface area (Å²) >= 11 is 0. The van der Waals surface area contributed by atoms with E-state index in [9.17, 15) is 9.18 Å². The van der Waals surface area contributed by atoms with Gasteiger partial charge in [-0.15, -0.1) is 0 Å². The predicted molar refractivity (Wildman–Crippen MR) is 57.7 cm³/mol. The highest BCUT2D eigenvalue weighted by molar-refractivity contribution is 5.92. The van der Waals surface area contributed by atoms with E-state index in [1.165, 1.54) is 0 Å². The molecule has 1 fully saturated rings. The Balaban J connectivity index is 2.51. The first-order valence-electron chi connectivity index (χ1n) is 5.36. The van der Waals surface area contributed by atoms with E-state index in [4.69, 9.17) is 0 Å². The number of rotatable bonds is 2. The lowest BCUT2D eigenvalue weighted by Crippen LogP contribution is -2.34. The molecule has 0 aliphatic heterocycles. The molecule has 2 rings (SSSR count). The quantitative estimate of drug-likeness (QED) is 0.727. The summed E-state index contributed by atoms with van der Waals surface area (Å²) in [4.78, 5) is 11.8. The lowest BCUT2D eigenvalue weighted by atomic mass is 9.77. The highest BCUT2D eigenvalue weighted by Gasteiger charge is 2.44. The van der Waals surface area contributed by atoms with Crippen LogP contribution < -0.4 is 0 Å². The third kappa shape index (κ3) is 1.48. The fourth-order valence-electron chi connectivity index (χ4n) is 2.54. The molecule has 1 aliphatic rings. The molecule has 0 radical (unpaired) electrons. The molecule has 0 aromatic heterocycles. The average molecular weight is 206 g/mol. The maximum atomic E-state index is 13.2. The van der Waals surface area contributed by atoms with Gasteiger partial charge in [-0.3, -0.25) is 4.79 Å². The SMILES string of the molecule is Cc1ccccc1C1(CF)CCCC1=O. The van der Waals surface area contributed by atoms with Crippen molar-refractivity contribution >= 4 is 5.78 Å². The molecule has 1 unspecified atom stereocenters. The molecule has 1 aromatic carbocycles. The summed E-state index contributed by atoms with van der Waals surface area (Å²) in [6, 6.07) is 7.63. The lowest BCUT2D eigenvalue weighted by Gasteiger charge is -2.26. The number of alkyl halides is 1. The molecule has 1 aliphatic carbocycles. The molecule has 0 N–H and O–H groups in total. The highest BCUT2D eigenvalue weighted by Crippen LogP contribution is 2.39. The zero-order chi connectivity index (χ0) is 10.9. The molecular weight excluding hydrogens is 191 g/mol. The zero-order valence-corrected chi connectivity index (χ0v) is 8.92. The predicted octanol–water partition coefficient (Wildman–Crippen LogP) is 2.96. The van der Waals surface area contributed by atoms with Crippen molar-refractivity contribution in [1.82, 2.24) is 0 Å². The Hall–Kier alpha value is -1.18. The second kappa shape index (κ2) is 3.76. The van der Waals surface area contributed by atoms with Crippen LogP contribution in [-0.4, -0.2) is 12.5 Å². The average Bonchev–Trinajstić information content (AvgIpc) is 2.61. The minimum atomic E-state index is -0.828. The fraction of sp³-hybridized carbons (Fsp3) is 0.462. The van der Waals surface area contributed by atoms with Crippen LogP contribution in [0.25, 0.3) is 0 Å². The Morgan fingerprint density at radius 3 is 2.67 bits per heavy atom. The summed E-state index contributed by atoms with van der Waals surface area (Å²) in [5.41, 5.74) is 1.08. The van der Waals surface area contributed by atoms with Gasteiger partial charge in [-0.2, -0.15) is 0 Å². The van der Waals surface area contributed by atoms with Gasteiger partial charge in [-0.05, 0) is 30.9 Å². The zero-order valence-electron chi connectivity index (χ0n) is 8.92. The van der Waals surface area contributed by atoms with E-state index in [0.717, 1.165) is 17.5 Å². The normalized spacial score (nSPS) is 25.9. The molecule has 15 heavy (non-hydrogen) atoms. The number of hydrogen-bond acceptors (Lipinski definition) is 1. The Labute approximate surface area is 89.3 Å². The summed E-state index contributed by atoms with van der Waals surface area (Å²) in [5.74, 6) is 0.0688. The van der Waals surface area contributed by atoms with Gasteiger partial charge in [0.05, 0.1) is 5.41 Å². The van der Waals surface area contributed by atoms with Crippen LogP contribution in [0.5, 0.6) is 0 Å². The highest BCUT2D eigenvalue weighted by atomic mass is 19.1. The summed E-state index contributed by atoms with van der Waals surface area (Å²) in [5, 5.41) is 0. The number of hydrogen-bond donors (Lipinski definition) is 0. The van der Waals surface area contributed by atoms with Crippen molar-refractivity contribution in [3.05, 3.63) is 35.4 Å². The van der Waals surface area contributed by atoms with Gasteiger partial charge in [0.25, 0.3) is 0 Å². The number of Topliss-reactive ketones (excluding diaryl/α,β-unsaturated/α-hetero) is 1. The van der Waals surface area contributed by atoms with Gasteiger partial charge in [-0.1, -0.05) is 24.3 Å². The van der Waals surface area contributed by atoms with Crippen LogP contribution in [0.4, 0.5) is 4.39 Å². The third-order valence-electron chi connectivity index (χ3n) is 3.43. The van der Waals surface area contributed by atoms with Crippen LogP contribution in [0.1, 0.15) is 30.4 Å². The second-order valence-electron chi connectivity index (χ2n) is 4.31. The molecule has 1 atom stereocenters. The maximum absolute atomic E-state index is 13.2. The minimum Gasteiger partial charge on any atom is -0.299 e. The molecule has 80 valence electrons. The Morgan fingerprint density at radius 2 is 2.13 bits per heavy atom. The molecule has 1 nitrogen and oxygen atoms in total. The number of aryl methyl sites for hydroxylation is 1. The van der Waals surface area contributed by atoms with Crippen LogP contribution in [0.3, 0.4) is 0 Å². The van der Waals surface area contributed by atoms with E-state index >= 15 is 0 Å². The van der Waals surface area contributed by atoms with Gasteiger partial charge in [0, 0.05) is 6.42 Å². The molecule has 1 saturated carbocycles. The van der Waals surface area contributed by atoms with E-state index in [0.29, 0.717) is 12.8 Å². The topological polar surface area (TPSA) is 17.1 Å². The first kappa shape index (κ1) is 10.3. The third-order valence-corrected chi connectivity index (χ3v) is 3.43. The van der Waals surface area contributed by atoms with Crippen LogP contribution in [-0.2, 0) is 10.2 Å². The van der Waals surface area contributed by atoms with Gasteiger partial charge < -0.3 is 0 Å². The largest absolute Gasteiger partial charge is 0.299 e. The van der Waals surface area contributed by atoms with Crippen molar-refractivity contribution in [2.45, 2.75) is 31.6 Å². The molecule has 0 bridgehead atoms. The fourth-order valence-corrected chi connectivity index (χ4v) is 2.54. The van der Waals surface area contributed by atoms with Gasteiger partial charge in [0.2, 0.25) is 0 Å². The Kier molecular flexibility index (Phi) is 2.59. The monoisotopic (exact) mass is 206 g/mol. The molecule has 0 heterocycles. The number of halogens is 1. The van der Waals surface area contributed by atoms with Crippen molar-refractivity contribution in [2.75, 3.05) is 6.67 Å². The van der Waals surface area contributed by atoms with E-state index in [1.807, 2.05) is 31.2 Å². The maximum Gasteiger partial charge on any atom is 0.146 e. The number of ketones is 1. The van der Waals surface area contributed by atoms with E-state index in [1.54, 1.807) is 0 Å². The van der Waals surface area contributed by atoms with Crippen LogP contribution in [0.2, 0.25) is 0 Å². The first-order valence-corrected chi connectivity index (χ1v) is 5.36. The van der Waals surface area contributed by atoms with Crippen molar-refractivity contribution in [3.8, 4) is 0 Å². The minimum absolute atomic E-state index is 0.0688. The Bertz CT molecular complexity index is 386. The van der Waals surface area contributed by atoms with Crippen molar-refractivity contribution < 1.29 is 9.18 Å². The number of carbonyl (C=O) groups is 1. The van der Waals surface area contributed by atoms with Gasteiger partial charge in [-0.25, -0.2) is 4.39 Å². The molecule has 1 aromatic rings. The van der Waals surface area contributed by atoms with Crippen LogP contribution in [0.15, 0.2) is 24.3 Å². The van der Waals surface area contributed by atoms with Crippen molar-refractivity contribution in [1.29, 1.82) is 0 Å². The van der Waals surface area contributed by atoms with Crippen molar-refractivity contribution in [3.63, 3.8) is 0 Å². The summed E-state index contributed by atoms with van der Waals surface area (Å²) in [6.45, 7) is 1.38. The molecule has 2 heteroatoms. The summed E-state index contributed by atoms with van der Waals surface area (Å²) in [7, 11) is 0. The summed E-state index contributed by atoms with van der Waals surface area (Å²) < 4.78 is 13.2. The molecular formula is C13H15FO. The first-order chi connectivity index (χ1) is 7.20. The van der Waals surface area contributed by atoms with E-state index in [-0.39, 0.29) is 5.78 Å². The molecule has 0 amide bonds. The summed E-state index contributed by atoms with van der Waals surface area (Å²) in [6.07, 6.45) is 2.00. The van der Waals surface area contributed by atoms with Crippen LogP contribution in [0, 0.1) is 6.92 Å². The van der Waals surface area contributed by atoms with Gasteiger partial charge >= 0.3 is 0 Å². The molecule has 0 spiro atoms. The van der Waals surface area contributed by atoms with Crippen LogP contribution >= 0.6 is 0 Å². The van der Waals surface area contributed by atoms with Gasteiger partial charge in [0.1, 0.15) is 12.5 Å². The second-order valence-corrected chi connectivity index (χ2v) is 4.31. The van der Waals surface area contributed by atoms with E-state index < -0.39 is 12.1 Å². The van der Waals surface area contributed by atoms with Crippen molar-refractivity contribution in [2.24, 2.45) is 0 Å². The standard InChI is InChI=1S/C13H15FO/c1-10-5-2-3-6-11(10)13(9-14)8-4-7-12(13)15/h2-3,5-6H,4,7-9H2,1H3. The number of benzene rings is 1. The smallest absolute Gasteiger partial charge is 0.146 e. The van der Waals surface area contributed by atoms with Gasteiger partial charge in [0.15, 0.2) is 0 Å². The number of carbonyl (C=O) groups excluding carboxylic acids is 1. The molecule has 0 saturated heterocycles. The lowest BCUT2D eigenvalue weighted by molar-refractivity contribution is -0.122.